The van der Waals surface area contributed by atoms with Gasteiger partial charge in [-0.05, 0) is 50.2 Å². The predicted octanol–water partition coefficient (Wildman–Crippen LogP) is 3.91. The Labute approximate surface area is 187 Å². The zero-order valence-electron chi connectivity index (χ0n) is 17.9. The maximum atomic E-state index is 13.6. The fourth-order valence-electron chi connectivity index (χ4n) is 3.31. The number of sulfonamides is 1. The van der Waals surface area contributed by atoms with Gasteiger partial charge in [-0.2, -0.15) is 0 Å². The second-order valence-corrected chi connectivity index (χ2v) is 9.43. The number of nitrogens with zero attached hydrogens (tertiary/aromatic N) is 1. The highest BCUT2D eigenvalue weighted by Crippen LogP contribution is 2.34. The van der Waals surface area contributed by atoms with Gasteiger partial charge in [-0.15, -0.1) is 0 Å². The molecular formula is C24H24N2O5S. The van der Waals surface area contributed by atoms with Crippen LogP contribution in [0.25, 0.3) is 0 Å². The Hall–Kier alpha value is -3.52. The average Bonchev–Trinajstić information content (AvgIpc) is 2.79. The normalized spacial score (nSPS) is 12.8. The van der Waals surface area contributed by atoms with Crippen LogP contribution in [0.5, 0.6) is 11.5 Å². The predicted molar refractivity (Wildman–Crippen MR) is 123 cm³/mol. The van der Waals surface area contributed by atoms with Gasteiger partial charge in [-0.25, -0.2) is 8.42 Å². The fourth-order valence-corrected chi connectivity index (χ4v) is 4.74. The third-order valence-corrected chi connectivity index (χ3v) is 6.82. The van der Waals surface area contributed by atoms with Crippen LogP contribution in [0.3, 0.4) is 0 Å². The number of aryl methyl sites for hydroxylation is 2. The highest BCUT2D eigenvalue weighted by Gasteiger charge is 2.29. The highest BCUT2D eigenvalue weighted by atomic mass is 32.2. The number of carbonyl (C=O) groups is 1. The van der Waals surface area contributed by atoms with E-state index in [1.165, 1.54) is 12.1 Å². The number of nitrogens with one attached hydrogen (secondary N) is 1. The molecule has 1 amide bonds. The summed E-state index contributed by atoms with van der Waals surface area (Å²) in [6, 6.07) is 18.7. The Balaban J connectivity index is 1.66. The summed E-state index contributed by atoms with van der Waals surface area (Å²) in [5, 5.41) is 2.76. The minimum Gasteiger partial charge on any atom is -0.486 e. The van der Waals surface area contributed by atoms with Crippen LogP contribution in [0.2, 0.25) is 0 Å². The number of anilines is 2. The van der Waals surface area contributed by atoms with Crippen LogP contribution in [0.15, 0.2) is 71.6 Å². The van der Waals surface area contributed by atoms with E-state index >= 15 is 0 Å². The van der Waals surface area contributed by atoms with Gasteiger partial charge in [0.05, 0.1) is 10.6 Å². The molecule has 0 radical (unpaired) electrons. The molecule has 0 saturated heterocycles. The molecule has 0 spiro atoms. The molecule has 0 aliphatic carbocycles. The topological polar surface area (TPSA) is 84.9 Å². The Morgan fingerprint density at radius 3 is 2.12 bits per heavy atom. The fraction of sp³-hybridized carbons (Fsp3) is 0.208. The molecule has 0 atom stereocenters. The van der Waals surface area contributed by atoms with E-state index in [4.69, 9.17) is 9.47 Å². The Morgan fingerprint density at radius 1 is 0.875 bits per heavy atom. The van der Waals surface area contributed by atoms with Crippen molar-refractivity contribution in [1.82, 2.24) is 0 Å². The molecule has 0 aromatic heterocycles. The molecule has 4 rings (SSSR count). The molecule has 0 unspecified atom stereocenters. The van der Waals surface area contributed by atoms with Gasteiger partial charge in [0.15, 0.2) is 11.5 Å². The average molecular weight is 453 g/mol. The van der Waals surface area contributed by atoms with E-state index in [1.807, 2.05) is 26.0 Å². The first-order valence-corrected chi connectivity index (χ1v) is 11.6. The van der Waals surface area contributed by atoms with Gasteiger partial charge < -0.3 is 14.8 Å². The van der Waals surface area contributed by atoms with E-state index in [2.05, 4.69) is 5.32 Å². The van der Waals surface area contributed by atoms with Crippen molar-refractivity contribution in [2.24, 2.45) is 0 Å². The molecule has 32 heavy (non-hydrogen) atoms. The van der Waals surface area contributed by atoms with Crippen molar-refractivity contribution in [2.75, 3.05) is 29.4 Å². The first-order valence-electron chi connectivity index (χ1n) is 10.2. The lowest BCUT2D eigenvalue weighted by molar-refractivity contribution is -0.114. The molecule has 0 saturated carbocycles. The van der Waals surface area contributed by atoms with E-state index < -0.39 is 15.9 Å². The van der Waals surface area contributed by atoms with Crippen LogP contribution in [0, 0.1) is 13.8 Å². The van der Waals surface area contributed by atoms with Crippen molar-refractivity contribution >= 4 is 27.3 Å². The van der Waals surface area contributed by atoms with Crippen LogP contribution in [-0.4, -0.2) is 34.1 Å². The van der Waals surface area contributed by atoms with Crippen LogP contribution < -0.4 is 19.1 Å². The molecule has 7 nitrogen and oxygen atoms in total. The monoisotopic (exact) mass is 452 g/mol. The van der Waals surface area contributed by atoms with Crippen molar-refractivity contribution in [3.8, 4) is 11.5 Å². The zero-order chi connectivity index (χ0) is 22.7. The summed E-state index contributed by atoms with van der Waals surface area (Å²) in [5.41, 5.74) is 3.03. The van der Waals surface area contributed by atoms with Crippen molar-refractivity contribution in [3.05, 3.63) is 77.9 Å². The van der Waals surface area contributed by atoms with Crippen molar-refractivity contribution < 1.29 is 22.7 Å². The number of benzene rings is 3. The molecule has 0 bridgehead atoms. The van der Waals surface area contributed by atoms with Gasteiger partial charge in [0, 0.05) is 11.8 Å². The van der Waals surface area contributed by atoms with Crippen molar-refractivity contribution in [2.45, 2.75) is 18.7 Å². The van der Waals surface area contributed by atoms with Crippen molar-refractivity contribution in [3.63, 3.8) is 0 Å². The second kappa shape index (κ2) is 8.92. The number of hydrogen-bond acceptors (Lipinski definition) is 5. The number of rotatable bonds is 6. The Kier molecular flexibility index (Phi) is 6.05. The number of ether oxygens (including phenoxy) is 2. The minimum atomic E-state index is -4.06. The van der Waals surface area contributed by atoms with Crippen molar-refractivity contribution in [1.29, 1.82) is 0 Å². The van der Waals surface area contributed by atoms with Gasteiger partial charge in [-0.3, -0.25) is 9.10 Å². The largest absolute Gasteiger partial charge is 0.486 e. The maximum Gasteiger partial charge on any atom is 0.264 e. The first kappa shape index (κ1) is 21.7. The number of carbonyl (C=O) groups excluding carboxylic acids is 1. The summed E-state index contributed by atoms with van der Waals surface area (Å²) >= 11 is 0. The molecule has 1 aliphatic rings. The summed E-state index contributed by atoms with van der Waals surface area (Å²) in [6.07, 6.45) is 0. The Bertz CT molecular complexity index is 1220. The third-order valence-electron chi connectivity index (χ3n) is 5.05. The van der Waals surface area contributed by atoms with E-state index in [-0.39, 0.29) is 11.4 Å². The lowest BCUT2D eigenvalue weighted by Gasteiger charge is -2.25. The van der Waals surface area contributed by atoms with E-state index in [0.717, 1.165) is 15.4 Å². The summed E-state index contributed by atoms with van der Waals surface area (Å²) in [7, 11) is -4.06. The lowest BCUT2D eigenvalue weighted by Crippen LogP contribution is -2.38. The molecule has 3 aromatic rings. The van der Waals surface area contributed by atoms with Crippen LogP contribution >= 0.6 is 0 Å². The highest BCUT2D eigenvalue weighted by molar-refractivity contribution is 7.92. The minimum absolute atomic E-state index is 0.0189. The first-order chi connectivity index (χ1) is 15.3. The van der Waals surface area contributed by atoms with Crippen LogP contribution in [0.4, 0.5) is 11.4 Å². The quantitative estimate of drug-likeness (QED) is 0.613. The standard InChI is InChI=1S/C24H24N2O5S/c1-17-3-7-19(8-4-17)25-24(27)16-26(20-9-5-18(2)6-10-20)32(28,29)21-11-12-22-23(15-21)31-14-13-30-22/h3-12,15H,13-14,16H2,1-2H3,(H,25,27). The molecule has 0 fully saturated rings. The van der Waals surface area contributed by atoms with Crippen LogP contribution in [0.1, 0.15) is 11.1 Å². The van der Waals surface area contributed by atoms with Gasteiger partial charge in [0.1, 0.15) is 19.8 Å². The second-order valence-electron chi connectivity index (χ2n) is 7.57. The maximum absolute atomic E-state index is 13.6. The SMILES string of the molecule is Cc1ccc(NC(=O)CN(c2ccc(C)cc2)S(=O)(=O)c2ccc3c(c2)OCCO3)cc1. The Morgan fingerprint density at radius 2 is 1.47 bits per heavy atom. The molecule has 3 aromatic carbocycles. The van der Waals surface area contributed by atoms with Crippen LogP contribution in [-0.2, 0) is 14.8 Å². The molecule has 1 heterocycles. The molecule has 1 aliphatic heterocycles. The number of hydrogen-bond donors (Lipinski definition) is 1. The van der Waals surface area contributed by atoms with Gasteiger partial charge in [0.2, 0.25) is 5.91 Å². The van der Waals surface area contributed by atoms with E-state index in [0.29, 0.717) is 36.1 Å². The lowest BCUT2D eigenvalue weighted by atomic mass is 10.2. The van der Waals surface area contributed by atoms with E-state index in [9.17, 15) is 13.2 Å². The van der Waals surface area contributed by atoms with E-state index in [1.54, 1.807) is 42.5 Å². The number of fused-ring (bicyclic) bond motifs is 1. The summed E-state index contributed by atoms with van der Waals surface area (Å²) < 4.78 is 39.3. The van der Waals surface area contributed by atoms with Gasteiger partial charge in [0.25, 0.3) is 10.0 Å². The smallest absolute Gasteiger partial charge is 0.264 e. The molecule has 8 heteroatoms. The summed E-state index contributed by atoms with van der Waals surface area (Å²) in [4.78, 5) is 12.8. The van der Waals surface area contributed by atoms with Gasteiger partial charge in [-0.1, -0.05) is 35.4 Å². The van der Waals surface area contributed by atoms with Gasteiger partial charge >= 0.3 is 0 Å². The molecule has 166 valence electrons. The third kappa shape index (κ3) is 4.70. The molecular weight excluding hydrogens is 428 g/mol. The zero-order valence-corrected chi connectivity index (χ0v) is 18.7. The molecule has 1 N–H and O–H groups in total. The summed E-state index contributed by atoms with van der Waals surface area (Å²) in [6.45, 7) is 4.23. The number of amides is 1. The summed E-state index contributed by atoms with van der Waals surface area (Å²) in [5.74, 6) is 0.412.